The van der Waals surface area contributed by atoms with E-state index < -0.39 is 16.0 Å². The van der Waals surface area contributed by atoms with Gasteiger partial charge in [-0.3, -0.25) is 0 Å². The summed E-state index contributed by atoms with van der Waals surface area (Å²) in [5.74, 6) is -0.973. The second-order valence-corrected chi connectivity index (χ2v) is 7.68. The summed E-state index contributed by atoms with van der Waals surface area (Å²) in [5, 5.41) is 9.07. The molecule has 0 radical (unpaired) electrons. The van der Waals surface area contributed by atoms with Crippen LogP contribution in [0.3, 0.4) is 0 Å². The first kappa shape index (κ1) is 18.1. The molecular formula is C14H20BrNO4S. The molecule has 118 valence electrons. The summed E-state index contributed by atoms with van der Waals surface area (Å²) in [6.45, 7) is 7.41. The number of carboxylic acid groups (broad SMARTS) is 1. The van der Waals surface area contributed by atoms with Gasteiger partial charge in [0.2, 0.25) is 10.0 Å². The van der Waals surface area contributed by atoms with E-state index in [0.717, 1.165) is 6.42 Å². The molecule has 0 bridgehead atoms. The van der Waals surface area contributed by atoms with Crippen LogP contribution in [0.15, 0.2) is 21.5 Å². The van der Waals surface area contributed by atoms with Crippen molar-refractivity contribution in [3.8, 4) is 0 Å². The van der Waals surface area contributed by atoms with E-state index in [1.807, 2.05) is 13.8 Å². The molecule has 2 unspecified atom stereocenters. The molecule has 1 aromatic carbocycles. The molecule has 5 nitrogen and oxygen atoms in total. The van der Waals surface area contributed by atoms with E-state index in [9.17, 15) is 13.2 Å². The summed E-state index contributed by atoms with van der Waals surface area (Å²) >= 11 is 3.23. The summed E-state index contributed by atoms with van der Waals surface area (Å²) in [7, 11) is -3.78. The number of carboxylic acids is 1. The first-order valence-electron chi connectivity index (χ1n) is 6.66. The highest BCUT2D eigenvalue weighted by Crippen LogP contribution is 2.28. The van der Waals surface area contributed by atoms with Gasteiger partial charge in [0.15, 0.2) is 0 Å². The van der Waals surface area contributed by atoms with Crippen molar-refractivity contribution in [1.82, 2.24) is 4.72 Å². The Labute approximate surface area is 133 Å². The van der Waals surface area contributed by atoms with Crippen molar-refractivity contribution in [2.45, 2.75) is 45.1 Å². The Morgan fingerprint density at radius 2 is 1.95 bits per heavy atom. The van der Waals surface area contributed by atoms with Gasteiger partial charge in [-0.05, 0) is 53.4 Å². The fourth-order valence-electron chi connectivity index (χ4n) is 1.83. The second kappa shape index (κ2) is 6.89. The smallest absolute Gasteiger partial charge is 0.335 e. The van der Waals surface area contributed by atoms with Crippen LogP contribution in [0, 0.1) is 12.8 Å². The molecule has 2 atom stereocenters. The number of aryl methyl sites for hydroxylation is 1. The highest BCUT2D eigenvalue weighted by atomic mass is 79.9. The number of carbonyl (C=O) groups is 1. The van der Waals surface area contributed by atoms with E-state index in [1.165, 1.54) is 12.1 Å². The van der Waals surface area contributed by atoms with Crippen LogP contribution < -0.4 is 4.72 Å². The molecule has 0 saturated heterocycles. The topological polar surface area (TPSA) is 83.5 Å². The quantitative estimate of drug-likeness (QED) is 0.797. The van der Waals surface area contributed by atoms with Crippen LogP contribution in [0.4, 0.5) is 0 Å². The third-order valence-electron chi connectivity index (χ3n) is 3.60. The number of aromatic carboxylic acids is 1. The van der Waals surface area contributed by atoms with Crippen LogP contribution in [0.25, 0.3) is 0 Å². The first-order valence-corrected chi connectivity index (χ1v) is 8.93. The summed E-state index contributed by atoms with van der Waals surface area (Å²) in [4.78, 5) is 11.0. The number of hydrogen-bond acceptors (Lipinski definition) is 3. The lowest BCUT2D eigenvalue weighted by molar-refractivity contribution is 0.0696. The molecule has 1 rings (SSSR count). The number of nitrogens with one attached hydrogen (secondary N) is 1. The summed E-state index contributed by atoms with van der Waals surface area (Å²) in [5.41, 5.74) is 0.513. The fourth-order valence-corrected chi connectivity index (χ4v) is 4.23. The van der Waals surface area contributed by atoms with Gasteiger partial charge in [-0.1, -0.05) is 20.3 Å². The molecule has 0 aromatic heterocycles. The van der Waals surface area contributed by atoms with Crippen molar-refractivity contribution in [2.24, 2.45) is 5.92 Å². The summed E-state index contributed by atoms with van der Waals surface area (Å²) in [6, 6.07) is 2.37. The molecule has 0 aliphatic carbocycles. The van der Waals surface area contributed by atoms with Gasteiger partial charge in [-0.2, -0.15) is 0 Å². The van der Waals surface area contributed by atoms with Crippen LogP contribution in [0.1, 0.15) is 43.1 Å². The lowest BCUT2D eigenvalue weighted by atomic mass is 10.0. The lowest BCUT2D eigenvalue weighted by Gasteiger charge is -2.20. The van der Waals surface area contributed by atoms with Crippen molar-refractivity contribution in [1.29, 1.82) is 0 Å². The second-order valence-electron chi connectivity index (χ2n) is 5.21. The van der Waals surface area contributed by atoms with Crippen LogP contribution >= 0.6 is 15.9 Å². The zero-order chi connectivity index (χ0) is 16.4. The molecule has 7 heteroatoms. The van der Waals surface area contributed by atoms with Crippen LogP contribution in [-0.4, -0.2) is 25.5 Å². The average molecular weight is 378 g/mol. The molecule has 0 fully saturated rings. The van der Waals surface area contributed by atoms with E-state index >= 15 is 0 Å². The van der Waals surface area contributed by atoms with E-state index in [2.05, 4.69) is 20.7 Å². The third kappa shape index (κ3) is 4.28. The number of benzene rings is 1. The minimum Gasteiger partial charge on any atom is -0.478 e. The Morgan fingerprint density at radius 3 is 2.43 bits per heavy atom. The molecule has 0 aliphatic rings. The molecule has 0 saturated carbocycles. The van der Waals surface area contributed by atoms with Gasteiger partial charge in [-0.25, -0.2) is 17.9 Å². The Morgan fingerprint density at radius 1 is 1.38 bits per heavy atom. The largest absolute Gasteiger partial charge is 0.478 e. The van der Waals surface area contributed by atoms with Gasteiger partial charge in [0, 0.05) is 10.5 Å². The summed E-state index contributed by atoms with van der Waals surface area (Å²) < 4.78 is 27.9. The molecule has 0 spiro atoms. The number of halogens is 1. The van der Waals surface area contributed by atoms with Gasteiger partial charge in [0.25, 0.3) is 0 Å². The SMILES string of the molecule is CCC(C)C(C)NS(=O)(=O)c1cc(C(=O)O)cc(C)c1Br. The fraction of sp³-hybridized carbons (Fsp3) is 0.500. The maximum Gasteiger partial charge on any atom is 0.335 e. The molecule has 21 heavy (non-hydrogen) atoms. The van der Waals surface area contributed by atoms with Crippen LogP contribution in [0.5, 0.6) is 0 Å². The Kier molecular flexibility index (Phi) is 5.95. The maximum atomic E-state index is 12.5. The summed E-state index contributed by atoms with van der Waals surface area (Å²) in [6.07, 6.45) is 0.846. The van der Waals surface area contributed by atoms with Crippen LogP contribution in [0.2, 0.25) is 0 Å². The van der Waals surface area contributed by atoms with Crippen molar-refractivity contribution in [2.75, 3.05) is 0 Å². The standard InChI is InChI=1S/C14H20BrNO4S/c1-5-8(2)10(4)16-21(19,20)12-7-11(14(17)18)6-9(3)13(12)15/h6-8,10,16H,5H2,1-4H3,(H,17,18). The van der Waals surface area contributed by atoms with E-state index in [1.54, 1.807) is 13.8 Å². The Hall–Kier alpha value is -0.920. The van der Waals surface area contributed by atoms with Gasteiger partial charge in [0.05, 0.1) is 10.5 Å². The van der Waals surface area contributed by atoms with E-state index in [0.29, 0.717) is 10.0 Å². The van der Waals surface area contributed by atoms with Crippen molar-refractivity contribution in [3.05, 3.63) is 27.7 Å². The molecule has 0 heterocycles. The first-order chi connectivity index (χ1) is 9.60. The Bertz CT molecular complexity index is 643. The predicted octanol–water partition coefficient (Wildman–Crippen LogP) is 3.17. The number of rotatable bonds is 6. The van der Waals surface area contributed by atoms with Crippen LogP contribution in [-0.2, 0) is 10.0 Å². The Balaban J connectivity index is 3.28. The van der Waals surface area contributed by atoms with E-state index in [4.69, 9.17) is 5.11 Å². The monoisotopic (exact) mass is 377 g/mol. The van der Waals surface area contributed by atoms with Crippen molar-refractivity contribution >= 4 is 31.9 Å². The minimum atomic E-state index is -3.78. The zero-order valence-electron chi connectivity index (χ0n) is 12.5. The average Bonchev–Trinajstić information content (AvgIpc) is 2.39. The lowest BCUT2D eigenvalue weighted by Crippen LogP contribution is -2.37. The van der Waals surface area contributed by atoms with Gasteiger partial charge in [-0.15, -0.1) is 0 Å². The molecule has 0 aliphatic heterocycles. The molecular weight excluding hydrogens is 358 g/mol. The highest BCUT2D eigenvalue weighted by molar-refractivity contribution is 9.10. The molecule has 2 N–H and O–H groups in total. The van der Waals surface area contributed by atoms with Crippen molar-refractivity contribution in [3.63, 3.8) is 0 Å². The van der Waals surface area contributed by atoms with Gasteiger partial charge in [0.1, 0.15) is 0 Å². The number of sulfonamides is 1. The molecule has 1 aromatic rings. The maximum absolute atomic E-state index is 12.5. The molecule has 0 amide bonds. The predicted molar refractivity (Wildman–Crippen MR) is 85.1 cm³/mol. The highest BCUT2D eigenvalue weighted by Gasteiger charge is 2.24. The van der Waals surface area contributed by atoms with Gasteiger partial charge < -0.3 is 5.11 Å². The van der Waals surface area contributed by atoms with Crippen molar-refractivity contribution < 1.29 is 18.3 Å². The third-order valence-corrected chi connectivity index (χ3v) is 6.49. The minimum absolute atomic E-state index is 0.0462. The van der Waals surface area contributed by atoms with E-state index in [-0.39, 0.29) is 22.4 Å². The normalized spacial score (nSPS) is 14.7. The van der Waals surface area contributed by atoms with Gasteiger partial charge >= 0.3 is 5.97 Å². The number of hydrogen-bond donors (Lipinski definition) is 2. The zero-order valence-corrected chi connectivity index (χ0v) is 14.9.